The molecule has 0 saturated heterocycles. The predicted octanol–water partition coefficient (Wildman–Crippen LogP) is 3.53. The zero-order valence-electron chi connectivity index (χ0n) is 12.6. The van der Waals surface area contributed by atoms with E-state index in [0.717, 1.165) is 11.3 Å². The molecule has 3 N–H and O–H groups in total. The Labute approximate surface area is 129 Å². The zero-order chi connectivity index (χ0) is 15.9. The number of nitrogens with one attached hydrogen (secondary N) is 3. The monoisotopic (exact) mass is 297 g/mol. The zero-order valence-corrected chi connectivity index (χ0v) is 12.6. The maximum absolute atomic E-state index is 11.9. The molecule has 5 nitrogen and oxygen atoms in total. The van der Waals surface area contributed by atoms with E-state index in [0.29, 0.717) is 5.69 Å². The van der Waals surface area contributed by atoms with Crippen molar-refractivity contribution in [1.82, 2.24) is 5.32 Å². The first-order valence-corrected chi connectivity index (χ1v) is 7.04. The minimum absolute atomic E-state index is 0.0651. The van der Waals surface area contributed by atoms with E-state index >= 15 is 0 Å². The average Bonchev–Trinajstić information content (AvgIpc) is 2.48. The minimum Gasteiger partial charge on any atom is -0.350 e. The predicted molar refractivity (Wildman–Crippen MR) is 87.8 cm³/mol. The molecular formula is C17H19N3O2. The van der Waals surface area contributed by atoms with Crippen LogP contribution in [-0.2, 0) is 4.79 Å². The molecule has 0 aromatic heterocycles. The molecule has 3 amide bonds. The third kappa shape index (κ3) is 4.63. The van der Waals surface area contributed by atoms with E-state index in [1.807, 2.05) is 49.4 Å². The van der Waals surface area contributed by atoms with Crippen LogP contribution in [0.2, 0.25) is 0 Å². The number of para-hydroxylation sites is 1. The van der Waals surface area contributed by atoms with E-state index < -0.39 is 0 Å². The molecule has 0 heterocycles. The van der Waals surface area contributed by atoms with Crippen LogP contribution in [0.4, 0.5) is 16.2 Å². The van der Waals surface area contributed by atoms with Gasteiger partial charge < -0.3 is 16.0 Å². The Hall–Kier alpha value is -2.82. The van der Waals surface area contributed by atoms with Gasteiger partial charge >= 0.3 is 6.03 Å². The molecule has 0 bridgehead atoms. The van der Waals surface area contributed by atoms with Crippen LogP contribution < -0.4 is 16.0 Å². The van der Waals surface area contributed by atoms with Crippen LogP contribution in [0.1, 0.15) is 25.5 Å². The number of hydrogen-bond acceptors (Lipinski definition) is 2. The number of rotatable bonds is 4. The molecule has 22 heavy (non-hydrogen) atoms. The van der Waals surface area contributed by atoms with Crippen LogP contribution >= 0.6 is 0 Å². The normalized spacial score (nSPS) is 11.4. The Bertz CT molecular complexity index is 639. The highest BCUT2D eigenvalue weighted by atomic mass is 16.2. The molecule has 0 saturated carbocycles. The van der Waals surface area contributed by atoms with Crippen molar-refractivity contribution >= 4 is 23.3 Å². The first-order valence-electron chi connectivity index (χ1n) is 7.04. The number of carbonyl (C=O) groups is 2. The van der Waals surface area contributed by atoms with Crippen molar-refractivity contribution < 1.29 is 9.59 Å². The third-order valence-electron chi connectivity index (χ3n) is 3.12. The minimum atomic E-state index is -0.297. The van der Waals surface area contributed by atoms with E-state index in [1.165, 1.54) is 6.92 Å². The summed E-state index contributed by atoms with van der Waals surface area (Å²) >= 11 is 0. The summed E-state index contributed by atoms with van der Waals surface area (Å²) < 4.78 is 0. The van der Waals surface area contributed by atoms with Gasteiger partial charge in [-0.15, -0.1) is 0 Å². The molecule has 2 rings (SSSR count). The maximum Gasteiger partial charge on any atom is 0.323 e. The fourth-order valence-corrected chi connectivity index (χ4v) is 2.06. The Morgan fingerprint density at radius 1 is 0.864 bits per heavy atom. The molecule has 5 heteroatoms. The Kier molecular flexibility index (Phi) is 5.14. The fraction of sp³-hybridized carbons (Fsp3) is 0.176. The van der Waals surface area contributed by atoms with Crippen molar-refractivity contribution in [2.24, 2.45) is 0 Å². The maximum atomic E-state index is 11.9. The van der Waals surface area contributed by atoms with Gasteiger partial charge in [-0.2, -0.15) is 0 Å². The van der Waals surface area contributed by atoms with Crippen molar-refractivity contribution in [3.63, 3.8) is 0 Å². The van der Waals surface area contributed by atoms with Crippen LogP contribution in [0, 0.1) is 0 Å². The molecule has 2 aromatic rings. The number of urea groups is 1. The number of carbonyl (C=O) groups excluding carboxylic acids is 2. The molecule has 0 aliphatic carbocycles. The van der Waals surface area contributed by atoms with Gasteiger partial charge in [0.15, 0.2) is 0 Å². The molecule has 0 fully saturated rings. The lowest BCUT2D eigenvalue weighted by atomic mass is 10.1. The standard InChI is InChI=1S/C17H19N3O2/c1-12(18-13(2)21)14-8-10-16(11-9-14)20-17(22)19-15-6-4-3-5-7-15/h3-12H,1-2H3,(H,18,21)(H2,19,20,22). The molecule has 1 unspecified atom stereocenters. The summed E-state index contributed by atoms with van der Waals surface area (Å²) in [7, 11) is 0. The summed E-state index contributed by atoms with van der Waals surface area (Å²) in [6.45, 7) is 3.40. The molecule has 2 aromatic carbocycles. The number of benzene rings is 2. The highest BCUT2D eigenvalue weighted by Crippen LogP contribution is 2.16. The van der Waals surface area contributed by atoms with Crippen molar-refractivity contribution in [2.45, 2.75) is 19.9 Å². The van der Waals surface area contributed by atoms with Gasteiger partial charge in [-0.05, 0) is 36.8 Å². The summed E-state index contributed by atoms with van der Waals surface area (Å²) in [6, 6.07) is 16.2. The summed E-state index contributed by atoms with van der Waals surface area (Å²) in [5.74, 6) is -0.0723. The van der Waals surface area contributed by atoms with E-state index in [1.54, 1.807) is 12.1 Å². The van der Waals surface area contributed by atoms with Gasteiger partial charge in [0.25, 0.3) is 0 Å². The van der Waals surface area contributed by atoms with Crippen LogP contribution in [-0.4, -0.2) is 11.9 Å². The Morgan fingerprint density at radius 2 is 1.41 bits per heavy atom. The van der Waals surface area contributed by atoms with E-state index in [4.69, 9.17) is 0 Å². The van der Waals surface area contributed by atoms with Gasteiger partial charge in [-0.3, -0.25) is 4.79 Å². The van der Waals surface area contributed by atoms with Crippen molar-refractivity contribution in [1.29, 1.82) is 0 Å². The van der Waals surface area contributed by atoms with Gasteiger partial charge in [0.05, 0.1) is 6.04 Å². The topological polar surface area (TPSA) is 70.2 Å². The Morgan fingerprint density at radius 3 is 1.95 bits per heavy atom. The highest BCUT2D eigenvalue weighted by molar-refractivity contribution is 5.99. The van der Waals surface area contributed by atoms with Gasteiger partial charge in [0.1, 0.15) is 0 Å². The molecule has 1 atom stereocenters. The van der Waals surface area contributed by atoms with Gasteiger partial charge in [0.2, 0.25) is 5.91 Å². The number of amides is 3. The summed E-state index contributed by atoms with van der Waals surface area (Å²) in [4.78, 5) is 22.9. The smallest absolute Gasteiger partial charge is 0.323 e. The lowest BCUT2D eigenvalue weighted by Crippen LogP contribution is -2.23. The van der Waals surface area contributed by atoms with Crippen LogP contribution in [0.3, 0.4) is 0 Å². The second kappa shape index (κ2) is 7.26. The molecular weight excluding hydrogens is 278 g/mol. The fourth-order valence-electron chi connectivity index (χ4n) is 2.06. The van der Waals surface area contributed by atoms with Crippen LogP contribution in [0.5, 0.6) is 0 Å². The summed E-state index contributed by atoms with van der Waals surface area (Å²) in [6.07, 6.45) is 0. The lowest BCUT2D eigenvalue weighted by molar-refractivity contribution is -0.119. The second-order valence-electron chi connectivity index (χ2n) is 4.99. The molecule has 0 spiro atoms. The Balaban J connectivity index is 1.93. The summed E-state index contributed by atoms with van der Waals surface area (Å²) in [5.41, 5.74) is 2.40. The average molecular weight is 297 g/mol. The SMILES string of the molecule is CC(=O)NC(C)c1ccc(NC(=O)Nc2ccccc2)cc1. The first kappa shape index (κ1) is 15.6. The van der Waals surface area contributed by atoms with E-state index in [9.17, 15) is 9.59 Å². The quantitative estimate of drug-likeness (QED) is 0.808. The first-order chi connectivity index (χ1) is 10.5. The van der Waals surface area contributed by atoms with Crippen molar-refractivity contribution in [2.75, 3.05) is 10.6 Å². The second-order valence-corrected chi connectivity index (χ2v) is 4.99. The summed E-state index contributed by atoms with van der Waals surface area (Å²) in [5, 5.41) is 8.32. The van der Waals surface area contributed by atoms with E-state index in [2.05, 4.69) is 16.0 Å². The van der Waals surface area contributed by atoms with Gasteiger partial charge in [0, 0.05) is 18.3 Å². The van der Waals surface area contributed by atoms with Crippen molar-refractivity contribution in [3.8, 4) is 0 Å². The lowest BCUT2D eigenvalue weighted by Gasteiger charge is -2.13. The van der Waals surface area contributed by atoms with Gasteiger partial charge in [-0.1, -0.05) is 30.3 Å². The molecule has 0 aliphatic rings. The largest absolute Gasteiger partial charge is 0.350 e. The van der Waals surface area contributed by atoms with Crippen molar-refractivity contribution in [3.05, 3.63) is 60.2 Å². The molecule has 114 valence electrons. The van der Waals surface area contributed by atoms with Crippen LogP contribution in [0.15, 0.2) is 54.6 Å². The number of anilines is 2. The third-order valence-corrected chi connectivity index (χ3v) is 3.12. The van der Waals surface area contributed by atoms with Crippen LogP contribution in [0.25, 0.3) is 0 Å². The molecule has 0 radical (unpaired) electrons. The van der Waals surface area contributed by atoms with E-state index in [-0.39, 0.29) is 18.0 Å². The number of hydrogen-bond donors (Lipinski definition) is 3. The highest BCUT2D eigenvalue weighted by Gasteiger charge is 2.07. The molecule has 0 aliphatic heterocycles. The van der Waals surface area contributed by atoms with Gasteiger partial charge in [-0.25, -0.2) is 4.79 Å².